The van der Waals surface area contributed by atoms with Crippen LogP contribution in [0, 0.1) is 35.0 Å². The van der Waals surface area contributed by atoms with Crippen LogP contribution in [0.1, 0.15) is 122 Å². The average molecular weight is 449 g/mol. The minimum Gasteiger partial charge on any atom is -0.187 e. The maximum atomic E-state index is 5.48. The molecule has 0 unspecified atom stereocenters. The van der Waals surface area contributed by atoms with Crippen LogP contribution in [0.4, 0.5) is 0 Å². The molecule has 33 heavy (non-hydrogen) atoms. The molecule has 0 aliphatic heterocycles. The van der Waals surface area contributed by atoms with Crippen molar-refractivity contribution >= 4 is 0 Å². The monoisotopic (exact) mass is 448 g/mol. The van der Waals surface area contributed by atoms with Crippen LogP contribution in [0.3, 0.4) is 0 Å². The summed E-state index contributed by atoms with van der Waals surface area (Å²) in [6, 6.07) is 0. The standard InChI is InChI=1S/C29H44N4/c1-25(14-22-6-13-29(25,17-22)33-31-27-10-4-21(16-27)5-11-27)24-19-28(12-7-23(24)18-28)32-30-26-8-2-20(15-26)3-9-26/h20-24H,2-19H2,1H3/t20?,21?,22-,23+,24+,25+,26?,27?,28-,29+/m1/s1. The minimum absolute atomic E-state index is 0.142. The zero-order chi connectivity index (χ0) is 21.9. The van der Waals surface area contributed by atoms with Crippen molar-refractivity contribution in [3.05, 3.63) is 0 Å². The molecule has 0 aromatic carbocycles. The van der Waals surface area contributed by atoms with Crippen LogP contribution in [0.25, 0.3) is 0 Å². The number of rotatable bonds is 5. The topological polar surface area (TPSA) is 49.4 Å². The molecule has 8 saturated carbocycles. The van der Waals surface area contributed by atoms with Crippen molar-refractivity contribution < 1.29 is 0 Å². The maximum Gasteiger partial charge on any atom is 0.0875 e. The van der Waals surface area contributed by atoms with Gasteiger partial charge in [0.2, 0.25) is 0 Å². The molecular weight excluding hydrogens is 404 g/mol. The second-order valence-corrected chi connectivity index (χ2v) is 14.9. The lowest BCUT2D eigenvalue weighted by Crippen LogP contribution is -2.48. The quantitative estimate of drug-likeness (QED) is 0.382. The van der Waals surface area contributed by atoms with Gasteiger partial charge in [0.05, 0.1) is 22.2 Å². The maximum absolute atomic E-state index is 5.48. The van der Waals surface area contributed by atoms with E-state index in [1.54, 1.807) is 0 Å². The van der Waals surface area contributed by atoms with Gasteiger partial charge in [-0.2, -0.15) is 20.5 Å². The first kappa shape index (κ1) is 20.4. The fourth-order valence-electron chi connectivity index (χ4n) is 11.5. The summed E-state index contributed by atoms with van der Waals surface area (Å²) in [6.07, 6.45) is 24.3. The van der Waals surface area contributed by atoms with E-state index < -0.39 is 0 Å². The molecule has 8 fully saturated rings. The molecule has 0 aromatic rings. The third-order valence-electron chi connectivity index (χ3n) is 13.3. The van der Waals surface area contributed by atoms with Crippen LogP contribution in [0.15, 0.2) is 20.5 Å². The largest absolute Gasteiger partial charge is 0.187 e. The molecule has 6 atom stereocenters. The lowest BCUT2D eigenvalue weighted by molar-refractivity contribution is 0.0301. The minimum atomic E-state index is 0.142. The summed E-state index contributed by atoms with van der Waals surface area (Å²) in [4.78, 5) is 0. The van der Waals surface area contributed by atoms with Gasteiger partial charge in [0.15, 0.2) is 0 Å². The first-order valence-corrected chi connectivity index (χ1v) is 14.8. The second-order valence-electron chi connectivity index (χ2n) is 14.9. The van der Waals surface area contributed by atoms with E-state index >= 15 is 0 Å². The Labute approximate surface area is 200 Å². The Bertz CT molecular complexity index is 893. The van der Waals surface area contributed by atoms with Crippen molar-refractivity contribution in [3.63, 3.8) is 0 Å². The van der Waals surface area contributed by atoms with Crippen molar-refractivity contribution in [2.75, 3.05) is 0 Å². The molecule has 4 nitrogen and oxygen atoms in total. The van der Waals surface area contributed by atoms with E-state index in [0.29, 0.717) is 5.41 Å². The van der Waals surface area contributed by atoms with Gasteiger partial charge >= 0.3 is 0 Å². The van der Waals surface area contributed by atoms with Gasteiger partial charge in [0.1, 0.15) is 0 Å². The molecular formula is C29H44N4. The molecule has 4 heteroatoms. The molecule has 0 radical (unpaired) electrons. The van der Waals surface area contributed by atoms with Gasteiger partial charge < -0.3 is 0 Å². The Kier molecular flexibility index (Phi) is 4.01. The molecule has 0 saturated heterocycles. The number of nitrogens with zero attached hydrogens (tertiary/aromatic N) is 4. The molecule has 0 spiro atoms. The van der Waals surface area contributed by atoms with Crippen molar-refractivity contribution in [2.24, 2.45) is 55.5 Å². The normalized spacial score (nSPS) is 60.6. The fraction of sp³-hybridized carbons (Fsp3) is 1.00. The van der Waals surface area contributed by atoms with Gasteiger partial charge in [-0.25, -0.2) is 0 Å². The molecule has 0 aromatic heterocycles. The van der Waals surface area contributed by atoms with E-state index in [2.05, 4.69) is 6.92 Å². The highest BCUT2D eigenvalue weighted by atomic mass is 15.2. The SMILES string of the molecule is C[C@@]1([C@H]2C[C@@]3(N=NC45CCC(CC4)C5)CC[C@H]2C3)C[C@H]2CC[C@]1(N=NC13CCC(CC1)C3)C2. The molecule has 180 valence electrons. The third kappa shape index (κ3) is 2.76. The van der Waals surface area contributed by atoms with Crippen LogP contribution >= 0.6 is 0 Å². The van der Waals surface area contributed by atoms with E-state index in [1.165, 1.54) is 116 Å². The first-order valence-electron chi connectivity index (χ1n) is 14.8. The predicted molar refractivity (Wildman–Crippen MR) is 129 cm³/mol. The smallest absolute Gasteiger partial charge is 0.0875 e. The molecule has 0 heterocycles. The van der Waals surface area contributed by atoms with Crippen LogP contribution in [-0.2, 0) is 0 Å². The Hall–Kier alpha value is -0.800. The summed E-state index contributed by atoms with van der Waals surface area (Å²) >= 11 is 0. The molecule has 8 aliphatic rings. The highest BCUT2D eigenvalue weighted by Gasteiger charge is 2.68. The zero-order valence-electron chi connectivity index (χ0n) is 20.9. The Balaban J connectivity index is 1.07. The molecule has 0 amide bonds. The zero-order valence-corrected chi connectivity index (χ0v) is 20.9. The van der Waals surface area contributed by atoms with Gasteiger partial charge in [-0.05, 0) is 151 Å². The Morgan fingerprint density at radius 2 is 1.06 bits per heavy atom. The first-order chi connectivity index (χ1) is 15.9. The summed E-state index contributed by atoms with van der Waals surface area (Å²) in [5, 5.41) is 21.3. The van der Waals surface area contributed by atoms with Gasteiger partial charge in [-0.1, -0.05) is 6.92 Å². The summed E-state index contributed by atoms with van der Waals surface area (Å²) in [5.41, 5.74) is 1.16. The number of fused-ring (bicyclic) bond motifs is 8. The van der Waals surface area contributed by atoms with Crippen molar-refractivity contribution in [1.29, 1.82) is 0 Å². The van der Waals surface area contributed by atoms with E-state index in [1.807, 2.05) is 0 Å². The molecule has 8 bridgehead atoms. The van der Waals surface area contributed by atoms with Crippen LogP contribution < -0.4 is 0 Å². The van der Waals surface area contributed by atoms with Crippen LogP contribution in [0.2, 0.25) is 0 Å². The second kappa shape index (κ2) is 6.49. The van der Waals surface area contributed by atoms with Gasteiger partial charge in [0, 0.05) is 0 Å². The van der Waals surface area contributed by atoms with Crippen molar-refractivity contribution in [3.8, 4) is 0 Å². The van der Waals surface area contributed by atoms with Gasteiger partial charge in [0.25, 0.3) is 0 Å². The highest BCUT2D eigenvalue weighted by molar-refractivity contribution is 5.21. The van der Waals surface area contributed by atoms with Gasteiger partial charge in [-0.15, -0.1) is 0 Å². The highest BCUT2D eigenvalue weighted by Crippen LogP contribution is 2.70. The summed E-state index contributed by atoms with van der Waals surface area (Å²) in [7, 11) is 0. The lowest BCUT2D eigenvalue weighted by Gasteiger charge is -2.49. The third-order valence-corrected chi connectivity index (χ3v) is 13.3. The summed E-state index contributed by atoms with van der Waals surface area (Å²) in [5.74, 6) is 4.47. The van der Waals surface area contributed by atoms with Crippen molar-refractivity contribution in [1.82, 2.24) is 0 Å². The Morgan fingerprint density at radius 3 is 1.67 bits per heavy atom. The summed E-state index contributed by atoms with van der Waals surface area (Å²) in [6.45, 7) is 2.66. The van der Waals surface area contributed by atoms with E-state index in [0.717, 1.165) is 29.6 Å². The lowest BCUT2D eigenvalue weighted by atomic mass is 9.58. The Morgan fingerprint density at radius 1 is 0.485 bits per heavy atom. The molecule has 0 N–H and O–H groups in total. The fourth-order valence-corrected chi connectivity index (χ4v) is 11.5. The van der Waals surface area contributed by atoms with E-state index in [9.17, 15) is 0 Å². The number of azo groups is 2. The predicted octanol–water partition coefficient (Wildman–Crippen LogP) is 8.06. The summed E-state index contributed by atoms with van der Waals surface area (Å²) < 4.78 is 0. The van der Waals surface area contributed by atoms with Crippen LogP contribution in [0.5, 0.6) is 0 Å². The van der Waals surface area contributed by atoms with E-state index in [4.69, 9.17) is 20.5 Å². The number of hydrogen-bond donors (Lipinski definition) is 0. The molecule has 8 rings (SSSR count). The van der Waals surface area contributed by atoms with Crippen LogP contribution in [-0.4, -0.2) is 22.2 Å². The van der Waals surface area contributed by atoms with E-state index in [-0.39, 0.29) is 22.2 Å². The average Bonchev–Trinajstić information content (AvgIpc) is 3.68. The molecule has 8 aliphatic carbocycles. The number of hydrogen-bond acceptors (Lipinski definition) is 4. The van der Waals surface area contributed by atoms with Crippen molar-refractivity contribution in [2.45, 2.75) is 145 Å². The van der Waals surface area contributed by atoms with Gasteiger partial charge in [-0.3, -0.25) is 0 Å².